The third-order valence-corrected chi connectivity index (χ3v) is 4.84. The summed E-state index contributed by atoms with van der Waals surface area (Å²) in [5.74, 6) is 0. The lowest BCUT2D eigenvalue weighted by Crippen LogP contribution is -2.26. The van der Waals surface area contributed by atoms with Gasteiger partial charge in [0.05, 0.1) is 4.90 Å². The van der Waals surface area contributed by atoms with Crippen LogP contribution in [0, 0.1) is 6.92 Å². The highest BCUT2D eigenvalue weighted by atomic mass is 35.5. The van der Waals surface area contributed by atoms with Crippen LogP contribution in [-0.2, 0) is 10.0 Å². The van der Waals surface area contributed by atoms with Gasteiger partial charge in [-0.2, -0.15) is 0 Å². The molecule has 0 saturated heterocycles. The monoisotopic (exact) mass is 309 g/mol. The molecule has 0 spiro atoms. The predicted molar refractivity (Wildman–Crippen MR) is 81.4 cm³/mol. The summed E-state index contributed by atoms with van der Waals surface area (Å²) in [6, 6.07) is 13.6. The van der Waals surface area contributed by atoms with Crippen molar-refractivity contribution in [2.24, 2.45) is 0 Å². The normalized spacial score (nSPS) is 13.2. The van der Waals surface area contributed by atoms with Crippen molar-refractivity contribution in [3.8, 4) is 0 Å². The van der Waals surface area contributed by atoms with E-state index in [1.165, 1.54) is 0 Å². The van der Waals surface area contributed by atoms with Gasteiger partial charge in [-0.15, -0.1) is 0 Å². The van der Waals surface area contributed by atoms with E-state index >= 15 is 0 Å². The molecule has 0 aliphatic heterocycles. The van der Waals surface area contributed by atoms with Crippen molar-refractivity contribution in [1.29, 1.82) is 0 Å². The second kappa shape index (κ2) is 5.95. The quantitative estimate of drug-likeness (QED) is 0.936. The highest BCUT2D eigenvalue weighted by Gasteiger charge is 2.18. The van der Waals surface area contributed by atoms with E-state index in [1.807, 2.05) is 19.1 Å². The van der Waals surface area contributed by atoms with Gasteiger partial charge in [0.15, 0.2) is 0 Å². The zero-order chi connectivity index (χ0) is 14.8. The fraction of sp³-hybridized carbons (Fsp3) is 0.200. The van der Waals surface area contributed by atoms with E-state index in [0.29, 0.717) is 5.02 Å². The van der Waals surface area contributed by atoms with Crippen LogP contribution in [0.15, 0.2) is 53.4 Å². The van der Waals surface area contributed by atoms with Crippen LogP contribution < -0.4 is 4.72 Å². The van der Waals surface area contributed by atoms with Gasteiger partial charge in [0.1, 0.15) is 0 Å². The zero-order valence-corrected chi connectivity index (χ0v) is 12.9. The lowest BCUT2D eigenvalue weighted by molar-refractivity contribution is 0.567. The molecule has 106 valence electrons. The van der Waals surface area contributed by atoms with Crippen molar-refractivity contribution in [2.45, 2.75) is 24.8 Å². The molecular weight excluding hydrogens is 294 g/mol. The van der Waals surface area contributed by atoms with Crippen LogP contribution in [0.2, 0.25) is 5.02 Å². The van der Waals surface area contributed by atoms with Crippen molar-refractivity contribution >= 4 is 21.6 Å². The number of hydrogen-bond donors (Lipinski definition) is 1. The first-order chi connectivity index (χ1) is 9.38. The first kappa shape index (κ1) is 15.0. The molecule has 0 heterocycles. The number of benzene rings is 2. The Morgan fingerprint density at radius 1 is 1.00 bits per heavy atom. The number of nitrogens with one attached hydrogen (secondary N) is 1. The van der Waals surface area contributed by atoms with Gasteiger partial charge in [-0.1, -0.05) is 41.4 Å². The minimum atomic E-state index is -3.52. The molecule has 0 saturated carbocycles. The molecule has 1 unspecified atom stereocenters. The summed E-state index contributed by atoms with van der Waals surface area (Å²) < 4.78 is 27.2. The van der Waals surface area contributed by atoms with Gasteiger partial charge in [-0.3, -0.25) is 0 Å². The summed E-state index contributed by atoms with van der Waals surface area (Å²) in [4.78, 5) is 0.268. The molecule has 0 aliphatic rings. The summed E-state index contributed by atoms with van der Waals surface area (Å²) in [7, 11) is -3.52. The van der Waals surface area contributed by atoms with Gasteiger partial charge < -0.3 is 0 Å². The fourth-order valence-electron chi connectivity index (χ4n) is 1.84. The minimum absolute atomic E-state index is 0.268. The third kappa shape index (κ3) is 3.60. The van der Waals surface area contributed by atoms with Gasteiger partial charge in [-0.05, 0) is 43.7 Å². The predicted octanol–water partition coefficient (Wildman–Crippen LogP) is 3.69. The van der Waals surface area contributed by atoms with Gasteiger partial charge >= 0.3 is 0 Å². The molecule has 0 fully saturated rings. The standard InChI is InChI=1S/C15H16ClNO2S/c1-11-3-9-15(10-4-11)20(18,19)17-12(2)13-5-7-14(16)8-6-13/h3-10,12,17H,1-2H3. The maximum atomic E-state index is 12.3. The summed E-state index contributed by atoms with van der Waals surface area (Å²) in [5, 5.41) is 0.627. The zero-order valence-electron chi connectivity index (χ0n) is 11.3. The average molecular weight is 310 g/mol. The van der Waals surface area contributed by atoms with Gasteiger partial charge in [-0.25, -0.2) is 13.1 Å². The first-order valence-corrected chi connectivity index (χ1v) is 8.09. The Kier molecular flexibility index (Phi) is 4.48. The highest BCUT2D eigenvalue weighted by molar-refractivity contribution is 7.89. The van der Waals surface area contributed by atoms with Gasteiger partial charge in [0, 0.05) is 11.1 Å². The number of aryl methyl sites for hydroxylation is 1. The summed E-state index contributed by atoms with van der Waals surface area (Å²) in [6.07, 6.45) is 0. The first-order valence-electron chi connectivity index (χ1n) is 6.23. The van der Waals surface area contributed by atoms with Gasteiger partial charge in [0.2, 0.25) is 10.0 Å². The summed E-state index contributed by atoms with van der Waals surface area (Å²) >= 11 is 5.82. The number of halogens is 1. The second-order valence-corrected chi connectivity index (χ2v) is 6.86. The summed E-state index contributed by atoms with van der Waals surface area (Å²) in [6.45, 7) is 3.72. The maximum Gasteiger partial charge on any atom is 0.241 e. The van der Waals surface area contributed by atoms with E-state index in [2.05, 4.69) is 4.72 Å². The Bertz CT molecular complexity index is 679. The highest BCUT2D eigenvalue weighted by Crippen LogP contribution is 2.19. The largest absolute Gasteiger partial charge is 0.241 e. The SMILES string of the molecule is Cc1ccc(S(=O)(=O)NC(C)c2ccc(Cl)cc2)cc1. The van der Waals surface area contributed by atoms with Crippen LogP contribution in [0.4, 0.5) is 0 Å². The molecule has 0 amide bonds. The molecule has 2 aromatic rings. The molecule has 5 heteroatoms. The van der Waals surface area contributed by atoms with Crippen LogP contribution in [0.5, 0.6) is 0 Å². The second-order valence-electron chi connectivity index (χ2n) is 4.71. The molecule has 2 aromatic carbocycles. The molecule has 0 radical (unpaired) electrons. The van der Waals surface area contributed by atoms with E-state index in [0.717, 1.165) is 11.1 Å². The third-order valence-electron chi connectivity index (χ3n) is 3.03. The molecule has 3 nitrogen and oxygen atoms in total. The van der Waals surface area contributed by atoms with Crippen molar-refractivity contribution in [1.82, 2.24) is 4.72 Å². The number of sulfonamides is 1. The molecule has 1 atom stereocenters. The molecule has 0 bridgehead atoms. The van der Waals surface area contributed by atoms with E-state index in [-0.39, 0.29) is 10.9 Å². The Morgan fingerprint density at radius 3 is 2.10 bits per heavy atom. The molecular formula is C15H16ClNO2S. The van der Waals surface area contributed by atoms with Crippen molar-refractivity contribution in [2.75, 3.05) is 0 Å². The topological polar surface area (TPSA) is 46.2 Å². The Hall–Kier alpha value is -1.36. The Balaban J connectivity index is 2.19. The van der Waals surface area contributed by atoms with Crippen LogP contribution in [0.3, 0.4) is 0 Å². The lowest BCUT2D eigenvalue weighted by Gasteiger charge is -2.15. The molecule has 1 N–H and O–H groups in total. The van der Waals surface area contributed by atoms with E-state index < -0.39 is 10.0 Å². The molecule has 2 rings (SSSR count). The van der Waals surface area contributed by atoms with Crippen molar-refractivity contribution < 1.29 is 8.42 Å². The smallest absolute Gasteiger partial charge is 0.207 e. The number of hydrogen-bond acceptors (Lipinski definition) is 2. The lowest BCUT2D eigenvalue weighted by atomic mass is 10.1. The molecule has 0 aliphatic carbocycles. The summed E-state index contributed by atoms with van der Waals surface area (Å²) in [5.41, 5.74) is 1.89. The van der Waals surface area contributed by atoms with Gasteiger partial charge in [0.25, 0.3) is 0 Å². The van der Waals surface area contributed by atoms with Crippen molar-refractivity contribution in [3.63, 3.8) is 0 Å². The van der Waals surface area contributed by atoms with E-state index in [4.69, 9.17) is 11.6 Å². The Labute approximate surface area is 124 Å². The minimum Gasteiger partial charge on any atom is -0.207 e. The molecule has 0 aromatic heterocycles. The number of rotatable bonds is 4. The van der Waals surface area contributed by atoms with Crippen LogP contribution in [0.25, 0.3) is 0 Å². The Morgan fingerprint density at radius 2 is 1.55 bits per heavy atom. The van der Waals surface area contributed by atoms with Crippen LogP contribution in [-0.4, -0.2) is 8.42 Å². The van der Waals surface area contributed by atoms with Crippen LogP contribution >= 0.6 is 11.6 Å². The van der Waals surface area contributed by atoms with E-state index in [1.54, 1.807) is 43.3 Å². The van der Waals surface area contributed by atoms with Crippen molar-refractivity contribution in [3.05, 3.63) is 64.7 Å². The maximum absolute atomic E-state index is 12.3. The van der Waals surface area contributed by atoms with E-state index in [9.17, 15) is 8.42 Å². The average Bonchev–Trinajstić information content (AvgIpc) is 2.39. The van der Waals surface area contributed by atoms with Crippen LogP contribution in [0.1, 0.15) is 24.1 Å². The fourth-order valence-corrected chi connectivity index (χ4v) is 3.20. The molecule has 20 heavy (non-hydrogen) atoms.